The van der Waals surface area contributed by atoms with Crippen LogP contribution in [0.15, 0.2) is 61.3 Å². The van der Waals surface area contributed by atoms with Gasteiger partial charge < -0.3 is 5.32 Å². The number of benzene rings is 1. The van der Waals surface area contributed by atoms with E-state index in [-0.39, 0.29) is 23.7 Å². The van der Waals surface area contributed by atoms with Gasteiger partial charge in [-0.1, -0.05) is 12.1 Å². The van der Waals surface area contributed by atoms with Crippen LogP contribution in [0.3, 0.4) is 0 Å². The quantitative estimate of drug-likeness (QED) is 0.803. The van der Waals surface area contributed by atoms with Crippen LogP contribution in [-0.2, 0) is 0 Å². The van der Waals surface area contributed by atoms with Crippen LogP contribution < -0.4 is 5.32 Å². The van der Waals surface area contributed by atoms with Crippen LogP contribution in [0.4, 0.5) is 4.39 Å². The molecule has 1 amide bonds. The molecule has 24 heavy (non-hydrogen) atoms. The first-order chi connectivity index (χ1) is 11.7. The Labute approximate surface area is 138 Å². The van der Waals surface area contributed by atoms with Gasteiger partial charge in [-0.15, -0.1) is 0 Å². The minimum atomic E-state index is -0.246. The standard InChI is InChI=1S/C18H15FN4O/c19-14-3-1-12(2-4-14)15-10-16(15)22-18(24)13-5-6-21-17(9-13)23-8-7-20-11-23/h1-9,11,15-16H,10H2,(H,22,24)/t15-,16-/m0/s1. The summed E-state index contributed by atoms with van der Waals surface area (Å²) in [4.78, 5) is 20.6. The fourth-order valence-corrected chi connectivity index (χ4v) is 2.78. The molecule has 0 unspecified atom stereocenters. The number of aromatic nitrogens is 3. The van der Waals surface area contributed by atoms with E-state index in [0.29, 0.717) is 11.4 Å². The molecule has 3 aromatic rings. The van der Waals surface area contributed by atoms with Gasteiger partial charge in [-0.3, -0.25) is 9.36 Å². The van der Waals surface area contributed by atoms with Crippen molar-refractivity contribution in [3.8, 4) is 5.82 Å². The first kappa shape index (κ1) is 14.6. The van der Waals surface area contributed by atoms with Gasteiger partial charge in [-0.05, 0) is 36.2 Å². The molecule has 1 saturated carbocycles. The number of hydrogen-bond donors (Lipinski definition) is 1. The molecule has 5 nitrogen and oxygen atoms in total. The zero-order valence-electron chi connectivity index (χ0n) is 12.8. The number of hydrogen-bond acceptors (Lipinski definition) is 3. The smallest absolute Gasteiger partial charge is 0.251 e. The lowest BCUT2D eigenvalue weighted by molar-refractivity contribution is 0.0950. The molecule has 1 aliphatic rings. The highest BCUT2D eigenvalue weighted by Crippen LogP contribution is 2.40. The summed E-state index contributed by atoms with van der Waals surface area (Å²) in [6, 6.07) is 9.95. The summed E-state index contributed by atoms with van der Waals surface area (Å²) in [6.07, 6.45) is 7.54. The van der Waals surface area contributed by atoms with Crippen molar-refractivity contribution >= 4 is 5.91 Å². The number of amides is 1. The summed E-state index contributed by atoms with van der Waals surface area (Å²) in [5, 5.41) is 3.02. The van der Waals surface area contributed by atoms with E-state index in [1.807, 2.05) is 0 Å². The van der Waals surface area contributed by atoms with Gasteiger partial charge >= 0.3 is 0 Å². The minimum Gasteiger partial charge on any atom is -0.349 e. The van der Waals surface area contributed by atoms with Crippen LogP contribution in [0.5, 0.6) is 0 Å². The molecule has 2 heterocycles. The molecule has 2 aromatic heterocycles. The number of rotatable bonds is 4. The van der Waals surface area contributed by atoms with Crippen molar-refractivity contribution < 1.29 is 9.18 Å². The number of carbonyl (C=O) groups is 1. The molecule has 0 spiro atoms. The van der Waals surface area contributed by atoms with Crippen molar-refractivity contribution in [2.24, 2.45) is 0 Å². The average molecular weight is 322 g/mol. The summed E-state index contributed by atoms with van der Waals surface area (Å²) in [5.74, 6) is 0.521. The van der Waals surface area contributed by atoms with Crippen molar-refractivity contribution in [1.82, 2.24) is 19.9 Å². The molecule has 0 saturated heterocycles. The normalized spacial score (nSPS) is 19.0. The van der Waals surface area contributed by atoms with E-state index in [1.165, 1.54) is 12.1 Å². The lowest BCUT2D eigenvalue weighted by atomic mass is 10.1. The lowest BCUT2D eigenvalue weighted by Gasteiger charge is -2.07. The molecule has 6 heteroatoms. The van der Waals surface area contributed by atoms with Crippen molar-refractivity contribution in [2.75, 3.05) is 0 Å². The minimum absolute atomic E-state index is 0.0906. The van der Waals surface area contributed by atoms with Crippen LogP contribution >= 0.6 is 0 Å². The van der Waals surface area contributed by atoms with Gasteiger partial charge in [0, 0.05) is 36.1 Å². The third kappa shape index (κ3) is 2.90. The molecule has 120 valence electrons. The second kappa shape index (κ2) is 5.88. The highest BCUT2D eigenvalue weighted by Gasteiger charge is 2.39. The van der Waals surface area contributed by atoms with Gasteiger partial charge in [0.25, 0.3) is 5.91 Å². The van der Waals surface area contributed by atoms with Crippen molar-refractivity contribution in [3.05, 3.63) is 78.3 Å². The Morgan fingerprint density at radius 2 is 2.04 bits per heavy atom. The molecule has 0 radical (unpaired) electrons. The number of nitrogens with zero attached hydrogens (tertiary/aromatic N) is 3. The predicted octanol–water partition coefficient (Wildman–Crippen LogP) is 2.69. The molecule has 1 aliphatic carbocycles. The number of pyridine rings is 1. The Kier molecular flexibility index (Phi) is 3.57. The van der Waals surface area contributed by atoms with Gasteiger partial charge in [0.05, 0.1) is 0 Å². The molecular weight excluding hydrogens is 307 g/mol. The Hall–Kier alpha value is -3.02. The highest BCUT2D eigenvalue weighted by atomic mass is 19.1. The predicted molar refractivity (Wildman–Crippen MR) is 86.4 cm³/mol. The van der Waals surface area contributed by atoms with E-state index in [4.69, 9.17) is 0 Å². The molecule has 0 aliphatic heterocycles. The highest BCUT2D eigenvalue weighted by molar-refractivity contribution is 5.95. The Balaban J connectivity index is 1.44. The second-order valence-corrected chi connectivity index (χ2v) is 5.85. The number of halogens is 1. The molecule has 2 atom stereocenters. The van der Waals surface area contributed by atoms with Crippen LogP contribution in [0, 0.1) is 5.82 Å². The zero-order valence-corrected chi connectivity index (χ0v) is 12.8. The maximum atomic E-state index is 13.0. The summed E-state index contributed by atoms with van der Waals surface area (Å²) in [5.41, 5.74) is 1.61. The first-order valence-corrected chi connectivity index (χ1v) is 7.71. The van der Waals surface area contributed by atoms with Crippen LogP contribution in [0.1, 0.15) is 28.3 Å². The SMILES string of the molecule is O=C(N[C@H]1C[C@H]1c1ccc(F)cc1)c1ccnc(-n2ccnc2)c1. The third-order valence-electron chi connectivity index (χ3n) is 4.18. The van der Waals surface area contributed by atoms with Gasteiger partial charge in [0.1, 0.15) is 18.0 Å². The molecule has 1 fully saturated rings. The number of carbonyl (C=O) groups excluding carboxylic acids is 1. The maximum absolute atomic E-state index is 13.0. The van der Waals surface area contributed by atoms with Crippen molar-refractivity contribution in [2.45, 2.75) is 18.4 Å². The van der Waals surface area contributed by atoms with E-state index >= 15 is 0 Å². The summed E-state index contributed by atoms with van der Waals surface area (Å²) in [6.45, 7) is 0. The fourth-order valence-electron chi connectivity index (χ4n) is 2.78. The maximum Gasteiger partial charge on any atom is 0.251 e. The molecule has 1 N–H and O–H groups in total. The van der Waals surface area contributed by atoms with Crippen LogP contribution in [0.25, 0.3) is 5.82 Å². The lowest BCUT2D eigenvalue weighted by Crippen LogP contribution is -2.26. The Morgan fingerprint density at radius 1 is 1.21 bits per heavy atom. The van der Waals surface area contributed by atoms with E-state index in [9.17, 15) is 9.18 Å². The van der Waals surface area contributed by atoms with E-state index in [1.54, 1.807) is 53.8 Å². The summed E-state index contributed by atoms with van der Waals surface area (Å²) in [7, 11) is 0. The Morgan fingerprint density at radius 3 is 2.79 bits per heavy atom. The second-order valence-electron chi connectivity index (χ2n) is 5.85. The van der Waals surface area contributed by atoms with Crippen molar-refractivity contribution in [3.63, 3.8) is 0 Å². The molecule has 0 bridgehead atoms. The van der Waals surface area contributed by atoms with Gasteiger partial charge in [0.15, 0.2) is 0 Å². The summed E-state index contributed by atoms with van der Waals surface area (Å²) < 4.78 is 14.7. The van der Waals surface area contributed by atoms with Gasteiger partial charge in [-0.2, -0.15) is 0 Å². The van der Waals surface area contributed by atoms with E-state index in [0.717, 1.165) is 12.0 Å². The first-order valence-electron chi connectivity index (χ1n) is 7.71. The van der Waals surface area contributed by atoms with Crippen LogP contribution in [-0.4, -0.2) is 26.5 Å². The molecular formula is C18H15FN4O. The molecule has 1 aromatic carbocycles. The third-order valence-corrected chi connectivity index (χ3v) is 4.18. The van der Waals surface area contributed by atoms with Crippen LogP contribution in [0.2, 0.25) is 0 Å². The largest absolute Gasteiger partial charge is 0.349 e. The van der Waals surface area contributed by atoms with Gasteiger partial charge in [-0.25, -0.2) is 14.4 Å². The van der Waals surface area contributed by atoms with E-state index in [2.05, 4.69) is 15.3 Å². The number of nitrogens with one attached hydrogen (secondary N) is 1. The monoisotopic (exact) mass is 322 g/mol. The zero-order chi connectivity index (χ0) is 16.5. The average Bonchev–Trinajstić information content (AvgIpc) is 3.14. The van der Waals surface area contributed by atoms with E-state index < -0.39 is 0 Å². The Bertz CT molecular complexity index is 861. The number of imidazole rings is 1. The molecule has 4 rings (SSSR count). The summed E-state index contributed by atoms with van der Waals surface area (Å²) >= 11 is 0. The fraction of sp³-hybridized carbons (Fsp3) is 0.167. The topological polar surface area (TPSA) is 59.8 Å². The van der Waals surface area contributed by atoms with Gasteiger partial charge in [0.2, 0.25) is 0 Å². The van der Waals surface area contributed by atoms with Crippen molar-refractivity contribution in [1.29, 1.82) is 0 Å².